The summed E-state index contributed by atoms with van der Waals surface area (Å²) in [6.07, 6.45) is 4.58. The highest BCUT2D eigenvalue weighted by Crippen LogP contribution is 2.38. The molecule has 0 spiro atoms. The molecule has 1 amide bonds. The van der Waals surface area contributed by atoms with Gasteiger partial charge in [-0.2, -0.15) is 10.4 Å². The number of hydrazone groups is 1. The second-order valence-electron chi connectivity index (χ2n) is 9.66. The smallest absolute Gasteiger partial charge is 0.240 e. The summed E-state index contributed by atoms with van der Waals surface area (Å²) in [4.78, 5) is 12.1. The first-order valence-corrected chi connectivity index (χ1v) is 11.7. The van der Waals surface area contributed by atoms with Crippen molar-refractivity contribution in [1.82, 2.24) is 5.43 Å². The van der Waals surface area contributed by atoms with Crippen LogP contribution in [0.3, 0.4) is 0 Å². The number of nitriles is 1. The van der Waals surface area contributed by atoms with Gasteiger partial charge in [-0.3, -0.25) is 4.79 Å². The van der Waals surface area contributed by atoms with E-state index >= 15 is 0 Å². The lowest BCUT2D eigenvalue weighted by Gasteiger charge is -2.30. The van der Waals surface area contributed by atoms with E-state index in [0.29, 0.717) is 25.0 Å². The maximum atomic E-state index is 12.1. The average molecular weight is 448 g/mol. The summed E-state index contributed by atoms with van der Waals surface area (Å²) in [6.45, 7) is 13.9. The van der Waals surface area contributed by atoms with E-state index in [0.717, 1.165) is 24.2 Å². The van der Waals surface area contributed by atoms with Crippen LogP contribution >= 0.6 is 0 Å². The standard InChI is InChI=1S/C28H37N3O2/c1-7-27(3,4)23-15-16-25(24(18-23)28(5,6)8-2)33-17-9-10-26(32)31-30-20-22-13-11-21(19-29)12-14-22/h11-16,18,20H,7-10,17H2,1-6H3,(H,31,32). The van der Waals surface area contributed by atoms with Gasteiger partial charge in [0.25, 0.3) is 0 Å². The van der Waals surface area contributed by atoms with Crippen LogP contribution in [-0.2, 0) is 15.6 Å². The van der Waals surface area contributed by atoms with Gasteiger partial charge >= 0.3 is 0 Å². The molecule has 0 heterocycles. The zero-order chi connectivity index (χ0) is 24.5. The van der Waals surface area contributed by atoms with E-state index < -0.39 is 0 Å². The van der Waals surface area contributed by atoms with E-state index in [4.69, 9.17) is 10.00 Å². The van der Waals surface area contributed by atoms with Gasteiger partial charge in [0.05, 0.1) is 24.5 Å². The van der Waals surface area contributed by atoms with Gasteiger partial charge in [-0.15, -0.1) is 0 Å². The third-order valence-corrected chi connectivity index (χ3v) is 6.51. The Kier molecular flexibility index (Phi) is 9.22. The Morgan fingerprint density at radius 1 is 1.06 bits per heavy atom. The molecule has 0 aliphatic rings. The predicted molar refractivity (Wildman–Crippen MR) is 135 cm³/mol. The molecule has 33 heavy (non-hydrogen) atoms. The van der Waals surface area contributed by atoms with Crippen molar-refractivity contribution in [2.75, 3.05) is 6.61 Å². The largest absolute Gasteiger partial charge is 0.493 e. The molecule has 2 rings (SSSR count). The first kappa shape index (κ1) is 26.1. The molecule has 2 aromatic rings. The number of carbonyl (C=O) groups excluding carboxylic acids is 1. The number of benzene rings is 2. The van der Waals surface area contributed by atoms with Gasteiger partial charge in [-0.05, 0) is 59.4 Å². The Balaban J connectivity index is 1.91. The molecule has 2 aromatic carbocycles. The monoisotopic (exact) mass is 447 g/mol. The van der Waals surface area contributed by atoms with E-state index in [1.54, 1.807) is 30.5 Å². The number of amides is 1. The highest BCUT2D eigenvalue weighted by Gasteiger charge is 2.26. The van der Waals surface area contributed by atoms with Gasteiger partial charge < -0.3 is 4.74 Å². The fourth-order valence-corrected chi connectivity index (χ4v) is 3.29. The lowest BCUT2D eigenvalue weighted by atomic mass is 9.76. The quantitative estimate of drug-likeness (QED) is 0.252. The number of hydrogen-bond donors (Lipinski definition) is 1. The van der Waals surface area contributed by atoms with Crippen molar-refractivity contribution in [3.63, 3.8) is 0 Å². The first-order chi connectivity index (χ1) is 15.6. The SMILES string of the molecule is CCC(C)(C)c1ccc(OCCCC(=O)NN=Cc2ccc(C#N)cc2)c(C(C)(C)CC)c1. The highest BCUT2D eigenvalue weighted by atomic mass is 16.5. The van der Waals surface area contributed by atoms with Crippen molar-refractivity contribution in [2.24, 2.45) is 5.10 Å². The van der Waals surface area contributed by atoms with Crippen molar-refractivity contribution >= 4 is 12.1 Å². The van der Waals surface area contributed by atoms with Crippen LogP contribution in [0.1, 0.15) is 89.5 Å². The molecule has 5 nitrogen and oxygen atoms in total. The first-order valence-electron chi connectivity index (χ1n) is 11.7. The van der Waals surface area contributed by atoms with Crippen LogP contribution in [-0.4, -0.2) is 18.7 Å². The summed E-state index contributed by atoms with van der Waals surface area (Å²) in [6, 6.07) is 15.6. The maximum Gasteiger partial charge on any atom is 0.240 e. The Hall–Kier alpha value is -3.13. The molecule has 0 atom stereocenters. The molecular weight excluding hydrogens is 410 g/mol. The summed E-state index contributed by atoms with van der Waals surface area (Å²) in [5.41, 5.74) is 6.62. The second kappa shape index (κ2) is 11.7. The zero-order valence-electron chi connectivity index (χ0n) is 20.9. The van der Waals surface area contributed by atoms with E-state index in [-0.39, 0.29) is 16.7 Å². The van der Waals surface area contributed by atoms with Crippen molar-refractivity contribution in [1.29, 1.82) is 5.26 Å². The molecular formula is C28H37N3O2. The van der Waals surface area contributed by atoms with Crippen LogP contribution in [0.4, 0.5) is 0 Å². The zero-order valence-corrected chi connectivity index (χ0v) is 20.9. The van der Waals surface area contributed by atoms with Crippen LogP contribution < -0.4 is 10.2 Å². The Labute approximate surface area is 198 Å². The van der Waals surface area contributed by atoms with Crippen molar-refractivity contribution < 1.29 is 9.53 Å². The fraction of sp³-hybridized carbons (Fsp3) is 0.464. The van der Waals surface area contributed by atoms with Crippen LogP contribution in [0.25, 0.3) is 0 Å². The third kappa shape index (κ3) is 7.46. The Morgan fingerprint density at radius 3 is 2.33 bits per heavy atom. The van der Waals surface area contributed by atoms with Crippen LogP contribution in [0, 0.1) is 11.3 Å². The maximum absolute atomic E-state index is 12.1. The Bertz CT molecular complexity index is 999. The van der Waals surface area contributed by atoms with Gasteiger partial charge in [0.1, 0.15) is 5.75 Å². The minimum Gasteiger partial charge on any atom is -0.493 e. The minimum absolute atomic E-state index is 0.00664. The van der Waals surface area contributed by atoms with Gasteiger partial charge in [-0.25, -0.2) is 5.43 Å². The lowest BCUT2D eigenvalue weighted by molar-refractivity contribution is -0.121. The molecule has 176 valence electrons. The van der Waals surface area contributed by atoms with Crippen molar-refractivity contribution in [2.45, 2.75) is 78.1 Å². The number of nitrogens with zero attached hydrogens (tertiary/aromatic N) is 2. The molecule has 0 saturated heterocycles. The number of carbonyl (C=O) groups is 1. The molecule has 0 radical (unpaired) electrons. The van der Waals surface area contributed by atoms with E-state index in [9.17, 15) is 4.79 Å². The number of ether oxygens (including phenoxy) is 1. The fourth-order valence-electron chi connectivity index (χ4n) is 3.29. The summed E-state index contributed by atoms with van der Waals surface area (Å²) < 4.78 is 6.13. The lowest BCUT2D eigenvalue weighted by Crippen LogP contribution is -2.21. The molecule has 1 N–H and O–H groups in total. The summed E-state index contributed by atoms with van der Waals surface area (Å²) in [5, 5.41) is 12.8. The molecule has 0 bridgehead atoms. The minimum atomic E-state index is -0.155. The second-order valence-corrected chi connectivity index (χ2v) is 9.66. The number of nitrogens with one attached hydrogen (secondary N) is 1. The molecule has 0 unspecified atom stereocenters. The third-order valence-electron chi connectivity index (χ3n) is 6.51. The molecule has 0 aliphatic carbocycles. The average Bonchev–Trinajstić information content (AvgIpc) is 2.82. The number of rotatable bonds is 11. The topological polar surface area (TPSA) is 74.5 Å². The summed E-state index contributed by atoms with van der Waals surface area (Å²) >= 11 is 0. The van der Waals surface area contributed by atoms with Crippen LogP contribution in [0.15, 0.2) is 47.6 Å². The van der Waals surface area contributed by atoms with E-state index in [2.05, 4.69) is 76.3 Å². The summed E-state index contributed by atoms with van der Waals surface area (Å²) in [5.74, 6) is 0.745. The molecule has 0 saturated carbocycles. The van der Waals surface area contributed by atoms with Gasteiger partial charge in [-0.1, -0.05) is 65.8 Å². The van der Waals surface area contributed by atoms with Gasteiger partial charge in [0.15, 0.2) is 0 Å². The Morgan fingerprint density at radius 2 is 1.73 bits per heavy atom. The summed E-state index contributed by atoms with van der Waals surface area (Å²) in [7, 11) is 0. The van der Waals surface area contributed by atoms with Crippen LogP contribution in [0.5, 0.6) is 5.75 Å². The van der Waals surface area contributed by atoms with Crippen molar-refractivity contribution in [3.05, 3.63) is 64.7 Å². The molecule has 0 aliphatic heterocycles. The normalized spacial score (nSPS) is 11.9. The molecule has 5 heteroatoms. The molecule has 0 aromatic heterocycles. The van der Waals surface area contributed by atoms with E-state index in [1.807, 2.05) is 0 Å². The predicted octanol–water partition coefficient (Wildman–Crippen LogP) is 6.24. The van der Waals surface area contributed by atoms with Gasteiger partial charge in [0, 0.05) is 12.0 Å². The number of hydrogen-bond acceptors (Lipinski definition) is 4. The van der Waals surface area contributed by atoms with E-state index in [1.165, 1.54) is 11.1 Å². The van der Waals surface area contributed by atoms with Crippen LogP contribution in [0.2, 0.25) is 0 Å². The van der Waals surface area contributed by atoms with Gasteiger partial charge in [0.2, 0.25) is 5.91 Å². The highest BCUT2D eigenvalue weighted by molar-refractivity contribution is 5.82. The van der Waals surface area contributed by atoms with Crippen molar-refractivity contribution in [3.8, 4) is 11.8 Å². The molecule has 0 fully saturated rings.